The molecule has 1 aliphatic heterocycles. The zero-order valence-electron chi connectivity index (χ0n) is 13.5. The average Bonchev–Trinajstić information content (AvgIpc) is 3.05. The lowest BCUT2D eigenvalue weighted by atomic mass is 10.1. The Morgan fingerprint density at radius 3 is 2.88 bits per heavy atom. The largest absolute Gasteiger partial charge is 0.489 e. The Bertz CT molecular complexity index is 733. The molecular weight excluding hydrogens is 308 g/mol. The molecule has 3 N–H and O–H groups in total. The molecule has 0 saturated heterocycles. The van der Waals surface area contributed by atoms with Crippen molar-refractivity contribution in [3.8, 4) is 17.2 Å². The zero-order valence-corrected chi connectivity index (χ0v) is 13.5. The third kappa shape index (κ3) is 3.71. The Morgan fingerprint density at radius 1 is 1.25 bits per heavy atom. The zero-order chi connectivity index (χ0) is 16.9. The Kier molecular flexibility index (Phi) is 4.74. The normalized spacial score (nSPS) is 13.4. The lowest BCUT2D eigenvalue weighted by Gasteiger charge is -2.15. The van der Waals surface area contributed by atoms with Crippen molar-refractivity contribution in [2.24, 2.45) is 5.73 Å². The van der Waals surface area contributed by atoms with Gasteiger partial charge in [0, 0.05) is 11.8 Å². The Hall–Kier alpha value is -2.89. The molecule has 1 aliphatic rings. The molecule has 1 atom stereocenters. The molecule has 0 radical (unpaired) electrons. The molecule has 0 aromatic heterocycles. The summed E-state index contributed by atoms with van der Waals surface area (Å²) >= 11 is 0. The summed E-state index contributed by atoms with van der Waals surface area (Å²) in [7, 11) is 0. The minimum Gasteiger partial charge on any atom is -0.489 e. The lowest BCUT2D eigenvalue weighted by Crippen LogP contribution is -2.34. The van der Waals surface area contributed by atoms with Gasteiger partial charge in [0.1, 0.15) is 18.4 Å². The minimum absolute atomic E-state index is 0.241. The maximum absolute atomic E-state index is 11.3. The number of nitrogens with one attached hydrogen (secondary N) is 1. The van der Waals surface area contributed by atoms with Crippen molar-refractivity contribution in [2.75, 3.05) is 12.1 Å². The molecule has 1 amide bonds. The molecule has 6 heteroatoms. The van der Waals surface area contributed by atoms with Crippen LogP contribution in [0.5, 0.6) is 17.2 Å². The van der Waals surface area contributed by atoms with E-state index in [0.717, 1.165) is 17.0 Å². The molecule has 0 fully saturated rings. The SMILES string of the molecule is CCC(Nc1cccc(COc2ccc3c(c2)OCO3)c1)C(N)=O. The highest BCUT2D eigenvalue weighted by molar-refractivity contribution is 5.82. The lowest BCUT2D eigenvalue weighted by molar-refractivity contribution is -0.118. The van der Waals surface area contributed by atoms with E-state index >= 15 is 0 Å². The van der Waals surface area contributed by atoms with Gasteiger partial charge in [-0.2, -0.15) is 0 Å². The van der Waals surface area contributed by atoms with Crippen molar-refractivity contribution >= 4 is 11.6 Å². The first-order valence-corrected chi connectivity index (χ1v) is 7.83. The van der Waals surface area contributed by atoms with E-state index in [-0.39, 0.29) is 18.7 Å². The minimum atomic E-state index is -0.380. The highest BCUT2D eigenvalue weighted by Gasteiger charge is 2.14. The molecular formula is C18H20N2O4. The van der Waals surface area contributed by atoms with Crippen LogP contribution in [0.4, 0.5) is 5.69 Å². The second-order valence-corrected chi connectivity index (χ2v) is 5.51. The fourth-order valence-electron chi connectivity index (χ4n) is 2.46. The van der Waals surface area contributed by atoms with Crippen LogP contribution in [0.3, 0.4) is 0 Å². The molecule has 2 aromatic rings. The van der Waals surface area contributed by atoms with Crippen LogP contribution in [0, 0.1) is 0 Å². The Morgan fingerprint density at radius 2 is 2.08 bits per heavy atom. The molecule has 0 spiro atoms. The van der Waals surface area contributed by atoms with Crippen molar-refractivity contribution in [1.82, 2.24) is 0 Å². The Balaban J connectivity index is 1.63. The Labute approximate surface area is 140 Å². The smallest absolute Gasteiger partial charge is 0.239 e. The number of ether oxygens (including phenoxy) is 3. The first-order chi connectivity index (χ1) is 11.7. The number of hydrogen-bond donors (Lipinski definition) is 2. The van der Waals surface area contributed by atoms with Crippen molar-refractivity contribution in [3.63, 3.8) is 0 Å². The van der Waals surface area contributed by atoms with Gasteiger partial charge < -0.3 is 25.3 Å². The van der Waals surface area contributed by atoms with Gasteiger partial charge in [-0.1, -0.05) is 19.1 Å². The molecule has 126 valence electrons. The van der Waals surface area contributed by atoms with Gasteiger partial charge in [-0.3, -0.25) is 4.79 Å². The summed E-state index contributed by atoms with van der Waals surface area (Å²) in [5.74, 6) is 1.77. The van der Waals surface area contributed by atoms with Crippen LogP contribution < -0.4 is 25.3 Å². The number of benzene rings is 2. The molecule has 1 unspecified atom stereocenters. The fourth-order valence-corrected chi connectivity index (χ4v) is 2.46. The molecule has 6 nitrogen and oxygen atoms in total. The third-order valence-corrected chi connectivity index (χ3v) is 3.77. The van der Waals surface area contributed by atoms with Crippen LogP contribution in [-0.4, -0.2) is 18.7 Å². The van der Waals surface area contributed by atoms with E-state index in [1.807, 2.05) is 49.4 Å². The predicted octanol–water partition coefficient (Wildman–Crippen LogP) is 2.67. The highest BCUT2D eigenvalue weighted by Crippen LogP contribution is 2.35. The van der Waals surface area contributed by atoms with Gasteiger partial charge in [-0.15, -0.1) is 0 Å². The summed E-state index contributed by atoms with van der Waals surface area (Å²) < 4.78 is 16.4. The van der Waals surface area contributed by atoms with Crippen molar-refractivity contribution < 1.29 is 19.0 Å². The van der Waals surface area contributed by atoms with E-state index < -0.39 is 0 Å². The number of anilines is 1. The number of primary amides is 1. The number of nitrogens with two attached hydrogens (primary N) is 1. The third-order valence-electron chi connectivity index (χ3n) is 3.77. The summed E-state index contributed by atoms with van der Waals surface area (Å²) in [4.78, 5) is 11.3. The van der Waals surface area contributed by atoms with Crippen molar-refractivity contribution in [2.45, 2.75) is 26.0 Å². The van der Waals surface area contributed by atoms with Gasteiger partial charge in [-0.05, 0) is 36.2 Å². The first kappa shape index (κ1) is 16.0. The van der Waals surface area contributed by atoms with E-state index in [2.05, 4.69) is 5.32 Å². The number of carbonyl (C=O) groups is 1. The van der Waals surface area contributed by atoms with Gasteiger partial charge in [0.25, 0.3) is 0 Å². The van der Waals surface area contributed by atoms with Crippen LogP contribution in [0.25, 0.3) is 0 Å². The molecule has 0 aliphatic carbocycles. The summed E-state index contributed by atoms with van der Waals surface area (Å²) in [6, 6.07) is 12.8. The number of fused-ring (bicyclic) bond motifs is 1. The number of carbonyl (C=O) groups excluding carboxylic acids is 1. The van der Waals surface area contributed by atoms with Crippen LogP contribution >= 0.6 is 0 Å². The average molecular weight is 328 g/mol. The maximum Gasteiger partial charge on any atom is 0.239 e. The van der Waals surface area contributed by atoms with Crippen LogP contribution in [0.1, 0.15) is 18.9 Å². The number of hydrogen-bond acceptors (Lipinski definition) is 5. The van der Waals surface area contributed by atoms with Crippen molar-refractivity contribution in [1.29, 1.82) is 0 Å². The number of amides is 1. The van der Waals surface area contributed by atoms with E-state index in [1.54, 1.807) is 0 Å². The van der Waals surface area contributed by atoms with E-state index in [0.29, 0.717) is 24.5 Å². The fraction of sp³-hybridized carbons (Fsp3) is 0.278. The molecule has 1 heterocycles. The molecule has 0 saturated carbocycles. The van der Waals surface area contributed by atoms with Gasteiger partial charge in [0.05, 0.1) is 0 Å². The van der Waals surface area contributed by atoms with Crippen LogP contribution in [0.15, 0.2) is 42.5 Å². The summed E-state index contributed by atoms with van der Waals surface area (Å²) in [5, 5.41) is 3.13. The summed E-state index contributed by atoms with van der Waals surface area (Å²) in [6.45, 7) is 2.56. The van der Waals surface area contributed by atoms with Crippen molar-refractivity contribution in [3.05, 3.63) is 48.0 Å². The molecule has 3 rings (SSSR count). The van der Waals surface area contributed by atoms with E-state index in [4.69, 9.17) is 19.9 Å². The van der Waals surface area contributed by atoms with Gasteiger partial charge in [0.15, 0.2) is 11.5 Å². The first-order valence-electron chi connectivity index (χ1n) is 7.83. The van der Waals surface area contributed by atoms with Gasteiger partial charge in [0.2, 0.25) is 12.7 Å². The summed E-state index contributed by atoms with van der Waals surface area (Å²) in [6.07, 6.45) is 0.632. The second kappa shape index (κ2) is 7.12. The monoisotopic (exact) mass is 328 g/mol. The quantitative estimate of drug-likeness (QED) is 0.816. The predicted molar refractivity (Wildman–Crippen MR) is 90.2 cm³/mol. The standard InChI is InChI=1S/C18H20N2O4/c1-2-15(18(19)21)20-13-5-3-4-12(8-13)10-22-14-6-7-16-17(9-14)24-11-23-16/h3-9,15,20H,2,10-11H2,1H3,(H2,19,21). The molecule has 24 heavy (non-hydrogen) atoms. The van der Waals surface area contributed by atoms with Gasteiger partial charge in [-0.25, -0.2) is 0 Å². The number of rotatable bonds is 7. The van der Waals surface area contributed by atoms with E-state index in [9.17, 15) is 4.79 Å². The van der Waals surface area contributed by atoms with Crippen LogP contribution in [0.2, 0.25) is 0 Å². The molecule has 0 bridgehead atoms. The van der Waals surface area contributed by atoms with Gasteiger partial charge >= 0.3 is 0 Å². The highest BCUT2D eigenvalue weighted by atomic mass is 16.7. The topological polar surface area (TPSA) is 82.8 Å². The maximum atomic E-state index is 11.3. The molecule has 2 aromatic carbocycles. The summed E-state index contributed by atoms with van der Waals surface area (Å²) in [5.41, 5.74) is 7.19. The van der Waals surface area contributed by atoms with Crippen LogP contribution in [-0.2, 0) is 11.4 Å². The van der Waals surface area contributed by atoms with E-state index in [1.165, 1.54) is 0 Å². The second-order valence-electron chi connectivity index (χ2n) is 5.51.